The summed E-state index contributed by atoms with van der Waals surface area (Å²) >= 11 is 0. The maximum absolute atomic E-state index is 16.4. The zero-order valence-electron chi connectivity index (χ0n) is 70.3. The molecule has 34 atom stereocenters. The Balaban J connectivity index is 0.797. The van der Waals surface area contributed by atoms with E-state index in [9.17, 15) is 91.3 Å². The third-order valence-corrected chi connectivity index (χ3v) is 28.3. The summed E-state index contributed by atoms with van der Waals surface area (Å²) in [6.07, 6.45) is -38.5. The number of benzene rings is 3. The lowest BCUT2D eigenvalue weighted by molar-refractivity contribution is -0.358. The molecule has 9 fully saturated rings. The molecule has 1 unspecified atom stereocenters. The highest BCUT2D eigenvalue weighted by atomic mass is 16.8. The Hall–Kier alpha value is -6.72. The van der Waals surface area contributed by atoms with Gasteiger partial charge >= 0.3 is 0 Å². The summed E-state index contributed by atoms with van der Waals surface area (Å²) in [5.74, 6) is -17.7. The largest absolute Gasteiger partial charge is 0.507 e. The molecule has 7 aliphatic heterocycles. The van der Waals surface area contributed by atoms with Crippen molar-refractivity contribution in [2.75, 3.05) is 21.3 Å². The Morgan fingerprint density at radius 2 is 1.01 bits per heavy atom. The summed E-state index contributed by atoms with van der Waals surface area (Å²) in [5.41, 5.74) is -22.3. The first kappa shape index (κ1) is 91.0. The minimum Gasteiger partial charge on any atom is -0.507 e. The zero-order chi connectivity index (χ0) is 89.4. The molecular weight excluding hydrogens is 1630 g/mol. The van der Waals surface area contributed by atoms with Crippen molar-refractivity contribution in [3.8, 4) is 34.5 Å². The van der Waals surface area contributed by atoms with Crippen molar-refractivity contribution < 1.29 is 186 Å². The summed E-state index contributed by atoms with van der Waals surface area (Å²) < 4.78 is 100. The second kappa shape index (κ2) is 33.1. The van der Waals surface area contributed by atoms with E-state index in [2.05, 4.69) is 0 Å². The van der Waals surface area contributed by atoms with Crippen LogP contribution < -0.4 is 9.47 Å². The maximum Gasteiger partial charge on any atom is 0.232 e. The molecule has 0 radical (unpaired) electrons. The molecule has 5 aliphatic carbocycles. The molecule has 4 bridgehead atoms. The minimum atomic E-state index is -3.22. The number of allylic oxidation sites excluding steroid dienone is 2. The summed E-state index contributed by atoms with van der Waals surface area (Å²) in [7, 11) is 3.06. The van der Waals surface area contributed by atoms with Gasteiger partial charge in [-0.1, -0.05) is 26.7 Å². The van der Waals surface area contributed by atoms with Gasteiger partial charge in [0.05, 0.1) is 151 Å². The van der Waals surface area contributed by atoms with Crippen molar-refractivity contribution in [2.45, 2.75) is 353 Å². The molecule has 3 aromatic carbocycles. The van der Waals surface area contributed by atoms with Crippen LogP contribution in [0.25, 0.3) is 16.3 Å². The number of aromatic hydroxyl groups is 4. The number of phenols is 4. The normalized spacial score (nSPS) is 43.5. The fourth-order valence-corrected chi connectivity index (χ4v) is 21.8. The lowest BCUT2D eigenvalue weighted by Gasteiger charge is -2.60. The van der Waals surface area contributed by atoms with Crippen molar-refractivity contribution in [3.05, 3.63) is 50.8 Å². The monoisotopic (exact) mass is 1740 g/mol. The van der Waals surface area contributed by atoms with Crippen molar-refractivity contribution in [2.24, 2.45) is 11.8 Å². The van der Waals surface area contributed by atoms with Gasteiger partial charge in [0.1, 0.15) is 76.4 Å². The molecule has 0 aromatic heterocycles. The van der Waals surface area contributed by atoms with E-state index in [1.807, 2.05) is 0 Å². The summed E-state index contributed by atoms with van der Waals surface area (Å²) in [5, 5.41) is 196. The number of carbonyl (C=O) groups is 6. The number of methoxy groups -OCH3 is 3. The Morgan fingerprint density at radius 3 is 1.54 bits per heavy atom. The molecule has 123 heavy (non-hydrogen) atoms. The van der Waals surface area contributed by atoms with Crippen molar-refractivity contribution in [3.63, 3.8) is 0 Å². The second-order valence-corrected chi connectivity index (χ2v) is 35.2. The van der Waals surface area contributed by atoms with E-state index in [1.165, 1.54) is 33.8 Å². The van der Waals surface area contributed by atoms with Crippen LogP contribution in [0, 0.1) is 11.8 Å². The number of aliphatic hydroxyl groups is 12. The lowest BCUT2D eigenvalue weighted by Crippen LogP contribution is -2.80. The zero-order valence-corrected chi connectivity index (χ0v) is 70.3. The number of ketones is 6. The van der Waals surface area contributed by atoms with E-state index in [4.69, 9.17) is 75.8 Å². The van der Waals surface area contributed by atoms with Gasteiger partial charge in [-0.3, -0.25) is 28.8 Å². The Kier molecular flexibility index (Phi) is 24.5. The van der Waals surface area contributed by atoms with Crippen molar-refractivity contribution >= 4 is 51.0 Å². The first-order valence-electron chi connectivity index (χ1n) is 42.1. The van der Waals surface area contributed by atoms with Crippen LogP contribution in [0.5, 0.6) is 34.5 Å². The molecule has 2 saturated carbocycles. The van der Waals surface area contributed by atoms with Crippen LogP contribution in [0.3, 0.4) is 0 Å². The molecule has 16 N–H and O–H groups in total. The van der Waals surface area contributed by atoms with E-state index >= 15 is 19.2 Å². The molecule has 0 spiro atoms. The van der Waals surface area contributed by atoms with E-state index in [0.717, 1.165) is 28.3 Å². The average molecular weight is 1740 g/mol. The number of hydrogen-bond donors (Lipinski definition) is 16. The molecular formula is C85H112O38. The summed E-state index contributed by atoms with van der Waals surface area (Å²) in [4.78, 5) is 89.6. The van der Waals surface area contributed by atoms with Crippen LogP contribution >= 0.6 is 0 Å². The van der Waals surface area contributed by atoms with Gasteiger partial charge in [-0.25, -0.2) is 0 Å². The number of carbonyl (C=O) groups excluding carboxylic acids is 6. The standard InChI is InChI=1S/C85H112O38/c1-14-21-81(104)78(121-45-18-16-42(29(3)111-45)117-47-20-23-80(103,33(7)86)35(9)115-47)68(99)71(119-48-26-40(88)60(91)31(5)113-48)39-25-37-24-38-52(62(93)51(37)76(101)84(39,81)106)63(94)56(74(110-13)70(38)108-11)55-64(95)53-54(67(98)73(55)109-12)65(96)57-58(66(53)97)77(102)85(107)59-72(57)123-82(85,22-15-2)79(69(100)75(59)120-49-27-41(89)61(92)32(6)114-49)122-46-19-17-43(30(4)112-46)118-50-28-44(90)83(105,34(8)87)36(10)116-50/h24,29-32,35-36,39-50,59-61,68-69,71-72,75,78-79,88-94,96-97,99-100,103-107H,14-23,25-28H2,1-13H3/t29-,30-,31+,32+,35+,36+,39+,40-,41+,42+,43+,44-,45+,46+,47+,48+,49?,50+,59-,60-,61-,68+,69+,71+,72+,75-,78-,79-,80-,81+,82+,83-,84-,85-/m1/s1. The van der Waals surface area contributed by atoms with Gasteiger partial charge in [0.25, 0.3) is 0 Å². The highest BCUT2D eigenvalue weighted by molar-refractivity contribution is 6.43. The van der Waals surface area contributed by atoms with Gasteiger partial charge in [0.15, 0.2) is 83.4 Å². The van der Waals surface area contributed by atoms with E-state index in [-0.39, 0.29) is 75.2 Å². The van der Waals surface area contributed by atoms with Gasteiger partial charge < -0.3 is 157 Å². The number of ether oxygens (including phenoxy) is 16. The van der Waals surface area contributed by atoms with Crippen LogP contribution in [-0.4, -0.2) is 325 Å². The molecule has 12 aliphatic rings. The van der Waals surface area contributed by atoms with Crippen LogP contribution in [0.4, 0.5) is 0 Å². The van der Waals surface area contributed by atoms with Gasteiger partial charge in [0, 0.05) is 55.4 Å². The predicted molar refractivity (Wildman–Crippen MR) is 413 cm³/mol. The molecule has 7 heterocycles. The number of phenolic OH excluding ortho intramolecular Hbond substituents is 4. The van der Waals surface area contributed by atoms with Crippen LogP contribution in [0.1, 0.15) is 217 Å². The summed E-state index contributed by atoms with van der Waals surface area (Å²) in [6.45, 7) is 14.7. The van der Waals surface area contributed by atoms with Crippen LogP contribution in [0.2, 0.25) is 0 Å². The maximum atomic E-state index is 16.4. The molecule has 38 heteroatoms. The quantitative estimate of drug-likeness (QED) is 0.0632. The fraction of sp³-hybridized carbons (Fsp3) is 0.718. The average Bonchev–Trinajstić information content (AvgIpc) is 1.55. The third-order valence-electron chi connectivity index (χ3n) is 28.3. The van der Waals surface area contributed by atoms with Crippen molar-refractivity contribution in [1.29, 1.82) is 0 Å². The molecule has 680 valence electrons. The molecule has 7 saturated heterocycles. The van der Waals surface area contributed by atoms with Gasteiger partial charge in [0.2, 0.25) is 23.1 Å². The van der Waals surface area contributed by atoms with E-state index in [1.54, 1.807) is 34.6 Å². The first-order valence-corrected chi connectivity index (χ1v) is 42.1. The Morgan fingerprint density at radius 1 is 0.496 bits per heavy atom. The number of aliphatic hydroxyl groups excluding tert-OH is 7. The highest BCUT2D eigenvalue weighted by Gasteiger charge is 2.82. The fourth-order valence-electron chi connectivity index (χ4n) is 21.8. The number of fused-ring (bicyclic) bond motifs is 6. The highest BCUT2D eigenvalue weighted by Crippen LogP contribution is 2.69. The van der Waals surface area contributed by atoms with Gasteiger partial charge in [-0.15, -0.1) is 0 Å². The SMILES string of the molecule is CCC[C@@]12O[C@H]3c4c(O)c5c(c(O)c4C(=O)[C@]1(O)[C@H]3[C@@H](OC1C[C@H](O)[C@H](O)[C@H](C)O1)[C@H](O)[C@H]2O[C@H]1CC[C@H](O[C@H]2C[C@@H](O)[C@@](O)(C(C)=O)[C@H](C)O2)[C@@H](C)O1)C(=O)C(c1c(OC)c(OC)c2cc3c(c(O)c2c1O)C(=O)[C@]1(O)[C@@H](C3)[C@H](O[C@H]2C[C@@H](O)[C@H](O)[C@H](C)O2)[C@H](O)[C@@H](O[C@H]2CC[C@H](O[C@H]3CC[C@@](O)(C(C)=O)[C@H](C)O3)[C@@H](C)O2)[C@@]1(O)CCC)=C(OC)C5=O. The molecule has 38 nitrogen and oxygen atoms in total. The first-order chi connectivity index (χ1) is 57.9. The van der Waals surface area contributed by atoms with Crippen LogP contribution in [-0.2, 0) is 82.3 Å². The molecule has 3 aromatic rings. The van der Waals surface area contributed by atoms with Crippen LogP contribution in [0.15, 0.2) is 11.8 Å². The van der Waals surface area contributed by atoms with E-state index in [0.29, 0.717) is 0 Å². The number of Topliss-reactive ketones (excluding diaryl/α,β-unsaturated/α-hetero) is 6. The van der Waals surface area contributed by atoms with Gasteiger partial charge in [-0.05, 0) is 106 Å². The molecule has 15 rings (SSSR count). The smallest absolute Gasteiger partial charge is 0.232 e. The third kappa shape index (κ3) is 13.7. The lowest BCUT2D eigenvalue weighted by atomic mass is 9.53. The second-order valence-electron chi connectivity index (χ2n) is 35.2. The number of hydrogen-bond acceptors (Lipinski definition) is 38. The van der Waals surface area contributed by atoms with E-state index < -0.39 is 350 Å². The van der Waals surface area contributed by atoms with Crippen molar-refractivity contribution in [1.82, 2.24) is 0 Å². The summed E-state index contributed by atoms with van der Waals surface area (Å²) in [6, 6.07) is 1.24. The topological polar surface area (TPSA) is 574 Å². The Bertz CT molecular complexity index is 4670. The predicted octanol–water partition coefficient (Wildman–Crippen LogP) is 1.37. The molecule has 0 amide bonds. The number of rotatable bonds is 22. The Labute approximate surface area is 705 Å². The minimum absolute atomic E-state index is 0.0147. The van der Waals surface area contributed by atoms with Gasteiger partial charge in [-0.2, -0.15) is 0 Å².